The SMILES string of the molecule is CCCCCCCC/C=C\CCCCCCCCOC(OC(C)C)C(=O)CC(=O)[O][Al]([O]C(=O)CC(=O)C(OCCCCCCCC/C=C\CCCCCCCC)OC(C)C)[O]C(=O)CC(=O)C(OCCCCCCCC/C=C\CCCCCCCC)OC(C)C. The lowest BCUT2D eigenvalue weighted by Gasteiger charge is -2.21. The molecule has 3 atom stereocenters. The van der Waals surface area contributed by atoms with Gasteiger partial charge in [-0.25, -0.2) is 0 Å². The Labute approximate surface area is 560 Å². The van der Waals surface area contributed by atoms with Gasteiger partial charge in [0, 0.05) is 0 Å². The maximum atomic E-state index is 13.6. The molecule has 91 heavy (non-hydrogen) atoms. The zero-order valence-electron chi connectivity index (χ0n) is 59.6. The van der Waals surface area contributed by atoms with Gasteiger partial charge >= 0.3 is 15.1 Å². The third-order valence-corrected chi connectivity index (χ3v) is 16.8. The van der Waals surface area contributed by atoms with Crippen LogP contribution < -0.4 is 0 Å². The van der Waals surface area contributed by atoms with Crippen LogP contribution >= 0.6 is 0 Å². The number of ether oxygens (including phenoxy) is 6. The summed E-state index contributed by atoms with van der Waals surface area (Å²) in [6.45, 7) is 17.8. The van der Waals surface area contributed by atoms with Crippen LogP contribution in [0.15, 0.2) is 36.5 Å². The number of unbranched alkanes of at least 4 members (excludes halogenated alkanes) is 36. The van der Waals surface area contributed by atoms with Crippen LogP contribution in [0.1, 0.15) is 351 Å². The molecule has 0 aromatic heterocycles. The van der Waals surface area contributed by atoms with Crippen molar-refractivity contribution in [3.63, 3.8) is 0 Å². The lowest BCUT2D eigenvalue weighted by Crippen LogP contribution is -2.40. The summed E-state index contributed by atoms with van der Waals surface area (Å²) in [5.74, 6) is -5.80. The number of hydrogen-bond donors (Lipinski definition) is 0. The maximum Gasteiger partial charge on any atom is 1.20 e. The predicted octanol–water partition coefficient (Wildman–Crippen LogP) is 19.9. The summed E-state index contributed by atoms with van der Waals surface area (Å²) < 4.78 is 51.1. The van der Waals surface area contributed by atoms with Crippen molar-refractivity contribution < 1.29 is 68.6 Å². The molecule has 0 aromatic carbocycles. The van der Waals surface area contributed by atoms with Crippen LogP contribution in [-0.2, 0) is 68.6 Å². The molecule has 16 heteroatoms. The summed E-state index contributed by atoms with van der Waals surface area (Å²) >= 11 is -4.20. The average Bonchev–Trinajstić information content (AvgIpc) is 3.41. The standard InChI is InChI=1S/3C25H46O5.Al/c3*1-4-5-6-7-8-9-10-11-12-13-14-15-16-17-18-19-20-29-25(30-22(2)3)23(26)21-24(27)28;/h3*11-12,22,25H,4-10,13-21H2,1-3H3,(H,27,28);/q;;;+3/p-3/b3*12-11-;. The van der Waals surface area contributed by atoms with Crippen LogP contribution in [0.2, 0.25) is 0 Å². The maximum absolute atomic E-state index is 13.6. The Morgan fingerprint density at radius 2 is 0.462 bits per heavy atom. The summed E-state index contributed by atoms with van der Waals surface area (Å²) in [6.07, 6.45) is 54.2. The van der Waals surface area contributed by atoms with E-state index in [0.717, 1.165) is 135 Å². The molecule has 0 aliphatic rings. The molecule has 0 spiro atoms. The molecule has 0 rings (SSSR count). The zero-order valence-corrected chi connectivity index (χ0v) is 60.7. The molecule has 0 bridgehead atoms. The summed E-state index contributed by atoms with van der Waals surface area (Å²) in [4.78, 5) is 81.2. The second-order valence-electron chi connectivity index (χ2n) is 25.7. The molecule has 0 amide bonds. The van der Waals surface area contributed by atoms with E-state index < -0.39 is 107 Å². The predicted molar refractivity (Wildman–Crippen MR) is 369 cm³/mol. The van der Waals surface area contributed by atoms with E-state index >= 15 is 0 Å². The number of carbonyl (C=O) groups is 6. The molecule has 0 radical (unpaired) electrons. The molecule has 528 valence electrons. The van der Waals surface area contributed by atoms with Crippen LogP contribution in [0.25, 0.3) is 0 Å². The number of allylic oxidation sites excluding steroid dienone is 6. The number of hydrogen-bond acceptors (Lipinski definition) is 15. The molecular weight excluding hydrogens is 1170 g/mol. The highest BCUT2D eigenvalue weighted by Gasteiger charge is 2.50. The second-order valence-corrected chi connectivity index (χ2v) is 26.9. The van der Waals surface area contributed by atoms with E-state index in [9.17, 15) is 28.8 Å². The highest BCUT2D eigenvalue weighted by atomic mass is 27.3. The van der Waals surface area contributed by atoms with Gasteiger partial charge in [-0.2, -0.15) is 0 Å². The van der Waals surface area contributed by atoms with E-state index in [0.29, 0.717) is 19.3 Å². The van der Waals surface area contributed by atoms with Crippen molar-refractivity contribution >= 4 is 50.4 Å². The molecule has 0 heterocycles. The Morgan fingerprint density at radius 3 is 0.659 bits per heavy atom. The van der Waals surface area contributed by atoms with Crippen molar-refractivity contribution in [2.75, 3.05) is 19.8 Å². The Kier molecular flexibility index (Phi) is 63.4. The van der Waals surface area contributed by atoms with Crippen molar-refractivity contribution in [1.82, 2.24) is 0 Å². The van der Waals surface area contributed by atoms with E-state index in [1.54, 1.807) is 41.5 Å². The number of Topliss-reactive ketones (excluding diaryl/α,β-unsaturated/α-hetero) is 3. The largest absolute Gasteiger partial charge is 1.20 e. The van der Waals surface area contributed by atoms with Crippen LogP contribution in [0.5, 0.6) is 0 Å². The number of ketones is 3. The minimum absolute atomic E-state index is 0.222. The molecule has 0 aliphatic heterocycles. The molecule has 3 unspecified atom stereocenters. The first kappa shape index (κ1) is 87.9. The van der Waals surface area contributed by atoms with E-state index in [4.69, 9.17) is 39.8 Å². The molecule has 15 nitrogen and oxygen atoms in total. The number of carbonyl (C=O) groups excluding carboxylic acids is 6. The number of rotatable bonds is 69. The Morgan fingerprint density at radius 1 is 0.275 bits per heavy atom. The molecule has 0 saturated carbocycles. The van der Waals surface area contributed by atoms with E-state index in [-0.39, 0.29) is 19.8 Å². The first-order valence-corrected chi connectivity index (χ1v) is 38.5. The van der Waals surface area contributed by atoms with Crippen molar-refractivity contribution in [2.24, 2.45) is 0 Å². The van der Waals surface area contributed by atoms with E-state index in [1.165, 1.54) is 116 Å². The van der Waals surface area contributed by atoms with Gasteiger partial charge in [-0.05, 0) is 138 Å². The fourth-order valence-corrected chi connectivity index (χ4v) is 11.2. The van der Waals surface area contributed by atoms with Crippen molar-refractivity contribution in [3.8, 4) is 0 Å². The molecule has 0 fully saturated rings. The van der Waals surface area contributed by atoms with Gasteiger partial charge in [0.25, 0.3) is 17.9 Å². The van der Waals surface area contributed by atoms with Crippen LogP contribution in [0.3, 0.4) is 0 Å². The summed E-state index contributed by atoms with van der Waals surface area (Å²) in [5, 5.41) is 0. The van der Waals surface area contributed by atoms with Crippen molar-refractivity contribution in [1.29, 1.82) is 0 Å². The normalized spacial score (nSPS) is 12.9. The molecule has 0 aliphatic carbocycles. The topological polar surface area (TPSA) is 185 Å². The van der Waals surface area contributed by atoms with Gasteiger partial charge in [0.1, 0.15) is 19.3 Å². The van der Waals surface area contributed by atoms with Crippen molar-refractivity contribution in [2.45, 2.75) is 388 Å². The first-order chi connectivity index (χ1) is 44.1. The van der Waals surface area contributed by atoms with Crippen LogP contribution in [0, 0.1) is 0 Å². The van der Waals surface area contributed by atoms with E-state index in [2.05, 4.69) is 57.2 Å². The van der Waals surface area contributed by atoms with Crippen LogP contribution in [-0.4, -0.2) is 107 Å². The monoisotopic (exact) mass is 1300 g/mol. The molecule has 0 aromatic rings. The van der Waals surface area contributed by atoms with Gasteiger partial charge < -0.3 is 39.8 Å². The second kappa shape index (κ2) is 65.6. The first-order valence-electron chi connectivity index (χ1n) is 37.1. The van der Waals surface area contributed by atoms with E-state index in [1.807, 2.05) is 0 Å². The summed E-state index contributed by atoms with van der Waals surface area (Å²) in [6, 6.07) is 0. The average molecular weight is 1300 g/mol. The Balaban J connectivity index is 5.58. The molecule has 0 saturated heterocycles. The molecular formula is C75H135AlO15. The fraction of sp³-hybridized carbons (Fsp3) is 0.840. The van der Waals surface area contributed by atoms with Gasteiger partial charge in [-0.3, -0.25) is 28.8 Å². The van der Waals surface area contributed by atoms with Crippen LogP contribution in [0.4, 0.5) is 0 Å². The van der Waals surface area contributed by atoms with Gasteiger partial charge in [-0.15, -0.1) is 0 Å². The van der Waals surface area contributed by atoms with Gasteiger partial charge in [0.2, 0.25) is 18.9 Å². The lowest BCUT2D eigenvalue weighted by atomic mass is 10.1. The third-order valence-electron chi connectivity index (χ3n) is 15.4. The smallest absolute Gasteiger partial charge is 0.550 e. The fourth-order valence-electron chi connectivity index (χ4n) is 10.2. The summed E-state index contributed by atoms with van der Waals surface area (Å²) in [7, 11) is 0. The highest BCUT2D eigenvalue weighted by Crippen LogP contribution is 2.18. The van der Waals surface area contributed by atoms with Gasteiger partial charge in [0.05, 0.1) is 38.1 Å². The minimum Gasteiger partial charge on any atom is -0.550 e. The Hall–Kier alpha value is -3.07. The summed E-state index contributed by atoms with van der Waals surface area (Å²) in [5.41, 5.74) is 0. The highest BCUT2D eigenvalue weighted by molar-refractivity contribution is 6.44. The quantitative estimate of drug-likeness (QED) is 0.0184. The Bertz CT molecular complexity index is 1630. The van der Waals surface area contributed by atoms with Crippen molar-refractivity contribution in [3.05, 3.63) is 36.5 Å². The van der Waals surface area contributed by atoms with Gasteiger partial charge in [-0.1, -0.05) is 231 Å². The zero-order chi connectivity index (χ0) is 67.1. The lowest BCUT2D eigenvalue weighted by molar-refractivity contribution is -0.182. The third kappa shape index (κ3) is 60.4. The molecule has 0 N–H and O–H groups in total. The van der Waals surface area contributed by atoms with Gasteiger partial charge in [0.15, 0.2) is 17.3 Å². The minimum atomic E-state index is -4.20.